The van der Waals surface area contributed by atoms with E-state index < -0.39 is 0 Å². The van der Waals surface area contributed by atoms with E-state index in [0.717, 1.165) is 70.1 Å². The van der Waals surface area contributed by atoms with Gasteiger partial charge < -0.3 is 9.94 Å². The van der Waals surface area contributed by atoms with Gasteiger partial charge in [-0.25, -0.2) is 0 Å². The summed E-state index contributed by atoms with van der Waals surface area (Å²) < 4.78 is 5.56. The number of carbonyl (C=O) groups excluding carboxylic acids is 1. The van der Waals surface area contributed by atoms with E-state index >= 15 is 0 Å². The minimum atomic E-state index is 0.557. The van der Waals surface area contributed by atoms with Gasteiger partial charge in [-0.05, 0) is 69.9 Å². The molecule has 0 unspecified atom stereocenters. The summed E-state index contributed by atoms with van der Waals surface area (Å²) in [7, 11) is 1.68. The average Bonchev–Trinajstić information content (AvgIpc) is 3.15. The van der Waals surface area contributed by atoms with E-state index in [-0.39, 0.29) is 0 Å². The molecule has 2 rings (SSSR count). The number of ether oxygens (including phenoxy) is 1. The lowest BCUT2D eigenvalue weighted by atomic mass is 9.99. The number of thioether (sulfide) groups is 1. The highest BCUT2D eigenvalue weighted by atomic mass is 32.2. The highest BCUT2D eigenvalue weighted by molar-refractivity contribution is 8.01. The second-order valence-electron chi connectivity index (χ2n) is 8.29. The fourth-order valence-corrected chi connectivity index (χ4v) is 6.06. The van der Waals surface area contributed by atoms with Crippen LogP contribution in [0.25, 0.3) is 0 Å². The van der Waals surface area contributed by atoms with Crippen LogP contribution in [0.1, 0.15) is 88.0 Å². The zero-order chi connectivity index (χ0) is 28.1. The number of nitrogens with zero attached hydrogens (tertiary/aromatic N) is 1. The number of methoxy groups -OCH3 is 1. The minimum Gasteiger partial charge on any atom is -0.411 e. The molecule has 37 heavy (non-hydrogen) atoms. The molecule has 0 fully saturated rings. The van der Waals surface area contributed by atoms with Gasteiger partial charge in [0.25, 0.3) is 0 Å². The Kier molecular flexibility index (Phi) is 20.6. The van der Waals surface area contributed by atoms with Gasteiger partial charge in [0.1, 0.15) is 0 Å². The van der Waals surface area contributed by atoms with Crippen LogP contribution >= 0.6 is 23.1 Å². The number of rotatable bonds is 12. The van der Waals surface area contributed by atoms with E-state index in [0.29, 0.717) is 11.6 Å². The van der Waals surface area contributed by atoms with Crippen molar-refractivity contribution in [2.75, 3.05) is 19.5 Å². The minimum absolute atomic E-state index is 0.557. The first kappa shape index (κ1) is 34.9. The summed E-state index contributed by atoms with van der Waals surface area (Å²) in [5.74, 6) is 1.37. The van der Waals surface area contributed by atoms with Crippen molar-refractivity contribution >= 4 is 35.1 Å². The monoisotopic (exact) mass is 545 g/mol. The molecule has 6 heteroatoms. The van der Waals surface area contributed by atoms with Crippen LogP contribution in [0.15, 0.2) is 69.6 Å². The summed E-state index contributed by atoms with van der Waals surface area (Å²) in [5, 5.41) is 13.0. The summed E-state index contributed by atoms with van der Waals surface area (Å²) in [6, 6.07) is 0. The molecule has 0 aliphatic heterocycles. The molecule has 1 heterocycles. The van der Waals surface area contributed by atoms with E-state index in [2.05, 4.69) is 41.6 Å². The molecular formula is C31H47NO3S2. The van der Waals surface area contributed by atoms with E-state index in [4.69, 9.17) is 0 Å². The summed E-state index contributed by atoms with van der Waals surface area (Å²) in [6.07, 6.45) is 20.7. The second-order valence-corrected chi connectivity index (χ2v) is 10.6. The van der Waals surface area contributed by atoms with Crippen LogP contribution in [0.3, 0.4) is 0 Å². The van der Waals surface area contributed by atoms with E-state index in [9.17, 15) is 10.0 Å². The molecule has 1 aromatic heterocycles. The van der Waals surface area contributed by atoms with Crippen molar-refractivity contribution < 1.29 is 14.7 Å². The molecule has 0 bridgehead atoms. The number of carbonyl (C=O) groups is 1. The Morgan fingerprint density at radius 3 is 2.62 bits per heavy atom. The third kappa shape index (κ3) is 13.3. The Labute approximate surface area is 234 Å². The predicted octanol–water partition coefficient (Wildman–Crippen LogP) is 9.45. The smallest absolute Gasteiger partial charge is 0.160 e. The number of hydrogen-bond acceptors (Lipinski definition) is 6. The van der Waals surface area contributed by atoms with Gasteiger partial charge in [0.2, 0.25) is 0 Å². The predicted molar refractivity (Wildman–Crippen MR) is 165 cm³/mol. The summed E-state index contributed by atoms with van der Waals surface area (Å²) in [6.45, 7) is 16.7. The maximum absolute atomic E-state index is 11.8. The normalized spacial score (nSPS) is 15.8. The molecule has 1 N–H and O–H groups in total. The largest absolute Gasteiger partial charge is 0.411 e. The van der Waals surface area contributed by atoms with Gasteiger partial charge in [-0.3, -0.25) is 4.79 Å². The third-order valence-electron chi connectivity index (χ3n) is 5.61. The van der Waals surface area contributed by atoms with Gasteiger partial charge in [-0.2, -0.15) is 0 Å². The first-order chi connectivity index (χ1) is 17.9. The Bertz CT molecular complexity index is 950. The van der Waals surface area contributed by atoms with Crippen molar-refractivity contribution in [1.29, 1.82) is 0 Å². The fourth-order valence-electron chi connectivity index (χ4n) is 3.50. The quantitative estimate of drug-likeness (QED) is 0.0709. The fraction of sp³-hybridized carbons (Fsp3) is 0.484. The summed E-state index contributed by atoms with van der Waals surface area (Å²) in [5.41, 5.74) is 4.95. The lowest BCUT2D eigenvalue weighted by molar-refractivity contribution is 0.112. The van der Waals surface area contributed by atoms with Gasteiger partial charge in [0.05, 0.1) is 14.8 Å². The standard InChI is InChI=1S/C26H33NO2S2.C3H8O.C2H6/c1-5-7-11-21(6-2)18-30-26-25(20(4)27-29)23(24(17-28)31-26)14-9-13-22-12-8-10-19(3)15-16-22;1-3-4-2;1-2/h5-7,11-12,15-17,19,29H,2,8-10,13-14,18H2,1,3-4H3;3H2,1-2H3;1-2H3/b7-5-,21-11+,27-20+;;/t19-;;/m1../s1. The lowest BCUT2D eigenvalue weighted by Crippen LogP contribution is -2.02. The number of aldehydes is 1. The van der Waals surface area contributed by atoms with Crippen LogP contribution < -0.4 is 0 Å². The van der Waals surface area contributed by atoms with E-state index in [1.807, 2.05) is 52.0 Å². The van der Waals surface area contributed by atoms with Crippen LogP contribution in [0, 0.1) is 5.92 Å². The van der Waals surface area contributed by atoms with Crippen LogP contribution in [0.5, 0.6) is 0 Å². The maximum atomic E-state index is 11.8. The van der Waals surface area contributed by atoms with Gasteiger partial charge in [-0.15, -0.1) is 23.1 Å². The lowest BCUT2D eigenvalue weighted by Gasteiger charge is -2.08. The van der Waals surface area contributed by atoms with Crippen LogP contribution in [0.2, 0.25) is 0 Å². The molecule has 1 aliphatic carbocycles. The molecule has 1 aromatic rings. The van der Waals surface area contributed by atoms with Crippen molar-refractivity contribution in [3.05, 3.63) is 76.3 Å². The van der Waals surface area contributed by atoms with Crippen LogP contribution in [-0.2, 0) is 11.2 Å². The molecule has 0 radical (unpaired) electrons. The Hall–Kier alpha value is -2.15. The van der Waals surface area contributed by atoms with Gasteiger partial charge in [-0.1, -0.05) is 80.6 Å². The molecule has 0 amide bonds. The molecule has 0 spiro atoms. The highest BCUT2D eigenvalue weighted by Crippen LogP contribution is 2.38. The topological polar surface area (TPSA) is 58.9 Å². The molecule has 0 saturated heterocycles. The van der Waals surface area contributed by atoms with Crippen molar-refractivity contribution in [3.63, 3.8) is 0 Å². The summed E-state index contributed by atoms with van der Waals surface area (Å²) in [4.78, 5) is 12.6. The molecule has 0 saturated carbocycles. The average molecular weight is 546 g/mol. The van der Waals surface area contributed by atoms with Crippen molar-refractivity contribution in [2.24, 2.45) is 11.1 Å². The van der Waals surface area contributed by atoms with Crippen LogP contribution in [0.4, 0.5) is 0 Å². The Morgan fingerprint density at radius 2 is 2.05 bits per heavy atom. The van der Waals surface area contributed by atoms with E-state index in [1.165, 1.54) is 23.3 Å². The molecular weight excluding hydrogens is 498 g/mol. The first-order valence-electron chi connectivity index (χ1n) is 13.2. The second kappa shape index (κ2) is 21.9. The molecule has 4 nitrogen and oxygen atoms in total. The van der Waals surface area contributed by atoms with Gasteiger partial charge >= 0.3 is 0 Å². The highest BCUT2D eigenvalue weighted by Gasteiger charge is 2.21. The molecule has 0 aromatic carbocycles. The van der Waals surface area contributed by atoms with Crippen LogP contribution in [-0.4, -0.2) is 36.7 Å². The SMILES string of the molecule is C=C/C(=C\C=C/C)CSc1sc(C=O)c(CCCC2=CCC[C@@H](C)C=C2)c1/C(C)=N/O.CC.CCOC. The van der Waals surface area contributed by atoms with Crippen molar-refractivity contribution in [2.45, 2.75) is 77.9 Å². The zero-order valence-corrected chi connectivity index (χ0v) is 25.5. The molecule has 1 atom stereocenters. The third-order valence-corrected chi connectivity index (χ3v) is 8.11. The van der Waals surface area contributed by atoms with Gasteiger partial charge in [0.15, 0.2) is 6.29 Å². The Balaban J connectivity index is 0.00000196. The summed E-state index contributed by atoms with van der Waals surface area (Å²) >= 11 is 3.15. The van der Waals surface area contributed by atoms with Gasteiger partial charge in [0, 0.05) is 25.0 Å². The first-order valence-corrected chi connectivity index (χ1v) is 15.0. The number of oxime groups is 1. The number of allylic oxidation sites excluding steroid dienone is 8. The van der Waals surface area contributed by atoms with E-state index in [1.54, 1.807) is 25.8 Å². The zero-order valence-electron chi connectivity index (χ0n) is 23.9. The molecule has 206 valence electrons. The molecule has 1 aliphatic rings. The van der Waals surface area contributed by atoms with Crippen molar-refractivity contribution in [3.8, 4) is 0 Å². The van der Waals surface area contributed by atoms with Crippen molar-refractivity contribution in [1.82, 2.24) is 0 Å². The number of thiophene rings is 1. The Morgan fingerprint density at radius 1 is 1.35 bits per heavy atom. The maximum Gasteiger partial charge on any atom is 0.160 e. The number of hydrogen-bond donors (Lipinski definition) is 1.